The zero-order valence-corrected chi connectivity index (χ0v) is 21.8. The number of carbonyl (C=O) groups is 1. The van der Waals surface area contributed by atoms with Gasteiger partial charge in [-0.05, 0) is 54.8 Å². The minimum atomic E-state index is -0.536. The van der Waals surface area contributed by atoms with Crippen molar-refractivity contribution in [3.8, 4) is 11.5 Å². The summed E-state index contributed by atoms with van der Waals surface area (Å²) < 4.78 is 38.4. The number of carbonyl (C=O) groups excluding carboxylic acids is 1. The minimum Gasteiger partial charge on any atom is -0.497 e. The molecule has 2 fully saturated rings. The van der Waals surface area contributed by atoms with E-state index in [0.717, 1.165) is 68.5 Å². The number of methoxy groups -OCH3 is 1. The van der Waals surface area contributed by atoms with E-state index < -0.39 is 11.6 Å². The van der Waals surface area contributed by atoms with E-state index in [9.17, 15) is 13.6 Å². The quantitative estimate of drug-likeness (QED) is 0.524. The molecule has 0 atom stereocenters. The smallest absolute Gasteiger partial charge is 0.255 e. The number of halogens is 2. The maximum absolute atomic E-state index is 13.5. The van der Waals surface area contributed by atoms with Gasteiger partial charge < -0.3 is 19.3 Å². The average Bonchev–Trinajstić information content (AvgIpc) is 2.93. The first-order chi connectivity index (χ1) is 18.5. The van der Waals surface area contributed by atoms with E-state index in [1.807, 2.05) is 41.4 Å². The molecule has 0 aromatic heterocycles. The van der Waals surface area contributed by atoms with Gasteiger partial charge in [-0.15, -0.1) is 0 Å². The maximum atomic E-state index is 13.5. The molecule has 0 bridgehead atoms. The monoisotopic (exact) mass is 523 g/mol. The Bertz CT molecular complexity index is 1150. The van der Waals surface area contributed by atoms with Crippen LogP contribution in [-0.4, -0.2) is 72.6 Å². The van der Waals surface area contributed by atoms with Crippen LogP contribution in [0.2, 0.25) is 0 Å². The van der Waals surface area contributed by atoms with Crippen molar-refractivity contribution in [3.63, 3.8) is 0 Å². The van der Waals surface area contributed by atoms with Crippen LogP contribution in [0.3, 0.4) is 0 Å². The average molecular weight is 524 g/mol. The van der Waals surface area contributed by atoms with Crippen molar-refractivity contribution in [2.75, 3.05) is 39.8 Å². The van der Waals surface area contributed by atoms with Crippen LogP contribution in [0.4, 0.5) is 8.78 Å². The van der Waals surface area contributed by atoms with Crippen LogP contribution in [0.15, 0.2) is 66.4 Å². The van der Waals surface area contributed by atoms with Gasteiger partial charge in [-0.25, -0.2) is 8.78 Å². The van der Waals surface area contributed by atoms with Crippen LogP contribution < -0.4 is 9.47 Å². The second-order valence-corrected chi connectivity index (χ2v) is 10.3. The molecule has 0 N–H and O–H groups in total. The summed E-state index contributed by atoms with van der Waals surface area (Å²) in [5, 5.41) is 0. The Morgan fingerprint density at radius 3 is 2.24 bits per heavy atom. The standard InChI is InChI=1S/C30H35F2N3O3/c1-37-27-4-6-28(7-5-27)38-29-10-15-34(16-11-29)30(36)23-3-2-12-35(21-23)26-8-13-33(14-9-26)20-22-17-24(31)19-25(32)18-22/h2-7,17-19,21,26,29H,8-16,20H2,1H3. The summed E-state index contributed by atoms with van der Waals surface area (Å²) >= 11 is 0. The highest BCUT2D eigenvalue weighted by atomic mass is 19.1. The van der Waals surface area contributed by atoms with Gasteiger partial charge in [0, 0.05) is 70.4 Å². The third kappa shape index (κ3) is 6.54. The lowest BCUT2D eigenvalue weighted by Crippen LogP contribution is -2.45. The van der Waals surface area contributed by atoms with Gasteiger partial charge in [-0.2, -0.15) is 0 Å². The minimum absolute atomic E-state index is 0.0689. The largest absolute Gasteiger partial charge is 0.497 e. The van der Waals surface area contributed by atoms with Crippen molar-refractivity contribution in [1.82, 2.24) is 14.7 Å². The van der Waals surface area contributed by atoms with E-state index in [2.05, 4.69) is 15.9 Å². The number of benzene rings is 2. The van der Waals surface area contributed by atoms with Crippen molar-refractivity contribution >= 4 is 5.91 Å². The zero-order valence-electron chi connectivity index (χ0n) is 21.8. The number of hydrogen-bond acceptors (Lipinski definition) is 5. The Kier molecular flexibility index (Phi) is 8.27. The van der Waals surface area contributed by atoms with Gasteiger partial charge in [-0.3, -0.25) is 9.69 Å². The molecular formula is C30H35F2N3O3. The number of likely N-dealkylation sites (tertiary alicyclic amines) is 2. The van der Waals surface area contributed by atoms with Crippen molar-refractivity contribution in [2.45, 2.75) is 44.4 Å². The Hall–Kier alpha value is -3.39. The fraction of sp³-hybridized carbons (Fsp3) is 0.433. The second-order valence-electron chi connectivity index (χ2n) is 10.3. The predicted octanol–water partition coefficient (Wildman–Crippen LogP) is 4.76. The van der Waals surface area contributed by atoms with Gasteiger partial charge in [0.05, 0.1) is 12.7 Å². The Balaban J connectivity index is 1.10. The number of nitrogens with zero attached hydrogens (tertiary/aromatic N) is 3. The Labute approximate surface area is 223 Å². The Morgan fingerprint density at radius 2 is 1.58 bits per heavy atom. The molecule has 0 unspecified atom stereocenters. The first-order valence-electron chi connectivity index (χ1n) is 13.4. The van der Waals surface area contributed by atoms with Crippen molar-refractivity contribution in [3.05, 3.63) is 83.6 Å². The molecule has 2 aromatic carbocycles. The summed E-state index contributed by atoms with van der Waals surface area (Å²) in [5.74, 6) is 0.613. The highest BCUT2D eigenvalue weighted by molar-refractivity contribution is 5.96. The first kappa shape index (κ1) is 26.2. The fourth-order valence-corrected chi connectivity index (χ4v) is 5.53. The molecule has 5 rings (SSSR count). The molecule has 0 spiro atoms. The highest BCUT2D eigenvalue weighted by Crippen LogP contribution is 2.25. The molecular weight excluding hydrogens is 488 g/mol. The number of ether oxygens (including phenoxy) is 2. The van der Waals surface area contributed by atoms with E-state index in [1.54, 1.807) is 7.11 Å². The van der Waals surface area contributed by atoms with Crippen LogP contribution in [0, 0.1) is 11.6 Å². The molecule has 38 heavy (non-hydrogen) atoms. The lowest BCUT2D eigenvalue weighted by Gasteiger charge is -2.39. The van der Waals surface area contributed by atoms with E-state index >= 15 is 0 Å². The molecule has 0 aliphatic carbocycles. The topological polar surface area (TPSA) is 45.3 Å². The van der Waals surface area contributed by atoms with E-state index in [4.69, 9.17) is 9.47 Å². The maximum Gasteiger partial charge on any atom is 0.255 e. The van der Waals surface area contributed by atoms with Crippen molar-refractivity contribution < 1.29 is 23.0 Å². The van der Waals surface area contributed by atoms with Gasteiger partial charge in [0.15, 0.2) is 0 Å². The lowest BCUT2D eigenvalue weighted by molar-refractivity contribution is -0.128. The SMILES string of the molecule is COc1ccc(OC2CCN(C(=O)C3=CN(C4CCN(Cc5cc(F)cc(F)c5)CC4)CC=C3)CC2)cc1. The van der Waals surface area contributed by atoms with Gasteiger partial charge >= 0.3 is 0 Å². The number of rotatable bonds is 7. The molecule has 1 amide bonds. The van der Waals surface area contributed by atoms with Crippen molar-refractivity contribution in [2.24, 2.45) is 0 Å². The summed E-state index contributed by atoms with van der Waals surface area (Å²) in [7, 11) is 1.64. The molecule has 0 radical (unpaired) electrons. The summed E-state index contributed by atoms with van der Waals surface area (Å²) in [4.78, 5) is 19.7. The van der Waals surface area contributed by atoms with Crippen molar-refractivity contribution in [1.29, 1.82) is 0 Å². The van der Waals surface area contributed by atoms with E-state index in [0.29, 0.717) is 31.2 Å². The third-order valence-electron chi connectivity index (χ3n) is 7.61. The molecule has 6 nitrogen and oxygen atoms in total. The van der Waals surface area contributed by atoms with Gasteiger partial charge in [0.25, 0.3) is 5.91 Å². The molecule has 2 aromatic rings. The highest BCUT2D eigenvalue weighted by Gasteiger charge is 2.28. The second kappa shape index (κ2) is 12.0. The van der Waals surface area contributed by atoms with Crippen LogP contribution >= 0.6 is 0 Å². The van der Waals surface area contributed by atoms with E-state index in [1.165, 1.54) is 12.1 Å². The van der Waals surface area contributed by atoms with Gasteiger partial charge in [0.2, 0.25) is 0 Å². The number of amides is 1. The summed E-state index contributed by atoms with van der Waals surface area (Å²) in [6.45, 7) is 4.37. The zero-order chi connectivity index (χ0) is 26.5. The molecule has 202 valence electrons. The summed E-state index contributed by atoms with van der Waals surface area (Å²) in [6.07, 6.45) is 9.59. The molecule has 8 heteroatoms. The van der Waals surface area contributed by atoms with Gasteiger partial charge in [-0.1, -0.05) is 12.2 Å². The molecule has 3 aliphatic rings. The first-order valence-corrected chi connectivity index (χ1v) is 13.4. The molecule has 2 saturated heterocycles. The summed E-state index contributed by atoms with van der Waals surface area (Å²) in [5.41, 5.74) is 1.39. The number of piperidine rings is 2. The Morgan fingerprint density at radius 1 is 0.921 bits per heavy atom. The fourth-order valence-electron chi connectivity index (χ4n) is 5.53. The predicted molar refractivity (Wildman–Crippen MR) is 142 cm³/mol. The van der Waals surface area contributed by atoms with Crippen LogP contribution in [0.25, 0.3) is 0 Å². The molecule has 3 heterocycles. The molecule has 0 saturated carbocycles. The number of hydrogen-bond donors (Lipinski definition) is 0. The normalized spacial score (nSPS) is 19.4. The third-order valence-corrected chi connectivity index (χ3v) is 7.61. The van der Waals surface area contributed by atoms with Crippen LogP contribution in [0.1, 0.15) is 31.2 Å². The van der Waals surface area contributed by atoms with Crippen LogP contribution in [0.5, 0.6) is 11.5 Å². The van der Waals surface area contributed by atoms with Crippen LogP contribution in [-0.2, 0) is 11.3 Å². The molecule has 3 aliphatic heterocycles. The lowest BCUT2D eigenvalue weighted by atomic mass is 10.0. The summed E-state index contributed by atoms with van der Waals surface area (Å²) in [6, 6.07) is 11.6. The van der Waals surface area contributed by atoms with E-state index in [-0.39, 0.29) is 12.0 Å². The van der Waals surface area contributed by atoms with Gasteiger partial charge in [0.1, 0.15) is 29.2 Å².